The molecule has 208 valence electrons. The van der Waals surface area contributed by atoms with Crippen LogP contribution < -0.4 is 0 Å². The van der Waals surface area contributed by atoms with Gasteiger partial charge in [-0.05, 0) is 21.7 Å². The van der Waals surface area contributed by atoms with Crippen molar-refractivity contribution in [2.45, 2.75) is 62.1 Å². The lowest BCUT2D eigenvalue weighted by atomic mass is 9.84. The highest BCUT2D eigenvalue weighted by molar-refractivity contribution is 8.01. The van der Waals surface area contributed by atoms with Crippen molar-refractivity contribution in [2.24, 2.45) is 5.92 Å². The fourth-order valence-electron chi connectivity index (χ4n) is 5.46. The molecule has 5 nitrogen and oxygen atoms in total. The number of aliphatic hydroxyl groups excluding tert-OH is 1. The summed E-state index contributed by atoms with van der Waals surface area (Å²) in [6, 6.07) is 31.5. The average Bonchev–Trinajstić information content (AvgIpc) is 3.38. The van der Waals surface area contributed by atoms with Crippen LogP contribution in [0.4, 0.5) is 0 Å². The molecule has 1 aromatic heterocycles. The van der Waals surface area contributed by atoms with Crippen molar-refractivity contribution in [1.29, 1.82) is 0 Å². The van der Waals surface area contributed by atoms with E-state index in [1.165, 1.54) is 6.26 Å². The van der Waals surface area contributed by atoms with Crippen molar-refractivity contribution in [1.82, 2.24) is 9.55 Å². The largest absolute Gasteiger partial charge is 0.449 e. The summed E-state index contributed by atoms with van der Waals surface area (Å²) >= 11 is 1.75. The van der Waals surface area contributed by atoms with E-state index in [4.69, 9.17) is 4.42 Å². The number of aliphatic hydroxyl groups is 1. The molecule has 1 N–H and O–H groups in total. The first-order chi connectivity index (χ1) is 19.0. The number of carbonyl (C=O) groups excluding carboxylic acids is 1. The molecule has 0 bridgehead atoms. The zero-order chi connectivity index (χ0) is 28.7. The van der Waals surface area contributed by atoms with Crippen LogP contribution in [0.25, 0.3) is 0 Å². The molecule has 1 aliphatic rings. The summed E-state index contributed by atoms with van der Waals surface area (Å²) in [5.41, 5.74) is 3.77. The zero-order valence-electron chi connectivity index (χ0n) is 24.0. The Morgan fingerprint density at radius 3 is 1.70 bits per heavy atom. The number of benzene rings is 3. The van der Waals surface area contributed by atoms with Crippen LogP contribution in [0.1, 0.15) is 55.2 Å². The minimum Gasteiger partial charge on any atom is -0.449 e. The smallest absolute Gasteiger partial charge is 0.224 e. The second kappa shape index (κ2) is 10.7. The summed E-state index contributed by atoms with van der Waals surface area (Å²) in [6.45, 7) is 12.9. The predicted molar refractivity (Wildman–Crippen MR) is 164 cm³/mol. The highest BCUT2D eigenvalue weighted by Gasteiger charge is 2.62. The Labute approximate surface area is 242 Å². The molecule has 1 fully saturated rings. The van der Waals surface area contributed by atoms with Gasteiger partial charge in [-0.2, -0.15) is 0 Å². The number of amides is 1. The SMILES string of the molecule is Cc1nc(C(O)C2C(=O)N([Si](C)(C)C(C)(C)C)C2SC(c2ccccc2)(c2ccccc2)c2ccccc2)co1. The number of hydrogen-bond acceptors (Lipinski definition) is 5. The van der Waals surface area contributed by atoms with Crippen molar-refractivity contribution < 1.29 is 14.3 Å². The first kappa shape index (κ1) is 28.4. The van der Waals surface area contributed by atoms with Gasteiger partial charge in [-0.25, -0.2) is 4.98 Å². The summed E-state index contributed by atoms with van der Waals surface area (Å²) in [6.07, 6.45) is 0.409. The van der Waals surface area contributed by atoms with Crippen molar-refractivity contribution in [3.05, 3.63) is 126 Å². The topological polar surface area (TPSA) is 66.6 Å². The lowest BCUT2D eigenvalue weighted by Crippen LogP contribution is -2.73. The van der Waals surface area contributed by atoms with Gasteiger partial charge in [-0.1, -0.05) is 125 Å². The normalized spacial score (nSPS) is 18.9. The van der Waals surface area contributed by atoms with E-state index in [-0.39, 0.29) is 16.3 Å². The second-order valence-electron chi connectivity index (χ2n) is 12.1. The van der Waals surface area contributed by atoms with E-state index >= 15 is 0 Å². The quantitative estimate of drug-likeness (QED) is 0.135. The van der Waals surface area contributed by atoms with Crippen LogP contribution >= 0.6 is 11.8 Å². The highest BCUT2D eigenvalue weighted by atomic mass is 32.2. The van der Waals surface area contributed by atoms with Gasteiger partial charge in [-0.3, -0.25) is 4.79 Å². The maximum Gasteiger partial charge on any atom is 0.224 e. The fraction of sp³-hybridized carbons (Fsp3) is 0.333. The van der Waals surface area contributed by atoms with E-state index in [1.54, 1.807) is 18.7 Å². The molecule has 3 aromatic carbocycles. The maximum atomic E-state index is 14.1. The van der Waals surface area contributed by atoms with Crippen LogP contribution in [0.2, 0.25) is 18.1 Å². The molecule has 1 aliphatic heterocycles. The molecule has 0 spiro atoms. The lowest BCUT2D eigenvalue weighted by Gasteiger charge is -2.60. The van der Waals surface area contributed by atoms with E-state index in [0.717, 1.165) is 16.7 Å². The number of thioether (sulfide) groups is 1. The number of hydrogen-bond donors (Lipinski definition) is 1. The highest BCUT2D eigenvalue weighted by Crippen LogP contribution is 2.58. The Morgan fingerprint density at radius 2 is 1.32 bits per heavy atom. The van der Waals surface area contributed by atoms with Crippen LogP contribution in [-0.4, -0.2) is 34.2 Å². The monoisotopic (exact) mass is 570 g/mol. The minimum atomic E-state index is -2.33. The maximum absolute atomic E-state index is 14.1. The van der Waals surface area contributed by atoms with Gasteiger partial charge in [0.1, 0.15) is 18.1 Å². The third kappa shape index (κ3) is 4.74. The number of β-lactam (4-membered cyclic amide) rings is 1. The van der Waals surface area contributed by atoms with Gasteiger partial charge in [0.05, 0.1) is 16.0 Å². The number of rotatable bonds is 8. The van der Waals surface area contributed by atoms with E-state index in [9.17, 15) is 9.90 Å². The van der Waals surface area contributed by atoms with E-state index in [0.29, 0.717) is 11.6 Å². The molecular formula is C33H38N2O3SSi. The zero-order valence-corrected chi connectivity index (χ0v) is 25.9. The van der Waals surface area contributed by atoms with E-state index in [2.05, 4.69) is 116 Å². The van der Waals surface area contributed by atoms with Crippen molar-refractivity contribution in [2.75, 3.05) is 0 Å². The molecule has 0 aliphatic carbocycles. The Morgan fingerprint density at radius 1 is 0.875 bits per heavy atom. The summed E-state index contributed by atoms with van der Waals surface area (Å²) in [5.74, 6) is -0.196. The standard InChI is InChI=1S/C33H38N2O3SSi/c1-23-34-27(22-38-23)29(36)28-30(37)35(40(5,6)32(2,3)4)31(28)39-33(24-16-10-7-11-17-24,25-18-12-8-13-19-25)26-20-14-9-15-21-26/h7-22,28-29,31,36H,1-6H3. The Balaban J connectivity index is 1.72. The lowest BCUT2D eigenvalue weighted by molar-refractivity contribution is -0.150. The number of carbonyl (C=O) groups is 1. The van der Waals surface area contributed by atoms with Gasteiger partial charge in [-0.15, -0.1) is 11.8 Å². The van der Waals surface area contributed by atoms with Crippen LogP contribution in [0, 0.1) is 12.8 Å². The number of aromatic nitrogens is 1. The molecule has 1 saturated heterocycles. The van der Waals surface area contributed by atoms with Gasteiger partial charge in [0.25, 0.3) is 0 Å². The third-order valence-corrected chi connectivity index (χ3v) is 16.0. The molecule has 0 radical (unpaired) electrons. The van der Waals surface area contributed by atoms with Gasteiger partial charge in [0, 0.05) is 6.92 Å². The van der Waals surface area contributed by atoms with Crippen LogP contribution in [-0.2, 0) is 9.54 Å². The number of oxazole rings is 1. The Hall–Kier alpha value is -3.13. The molecule has 1 amide bonds. The van der Waals surface area contributed by atoms with Crippen molar-refractivity contribution >= 4 is 25.9 Å². The molecule has 40 heavy (non-hydrogen) atoms. The molecular weight excluding hydrogens is 533 g/mol. The fourth-order valence-corrected chi connectivity index (χ4v) is 10.4. The van der Waals surface area contributed by atoms with Gasteiger partial charge in [0.2, 0.25) is 5.91 Å². The summed E-state index contributed by atoms with van der Waals surface area (Å²) in [4.78, 5) is 18.5. The first-order valence-electron chi connectivity index (χ1n) is 13.8. The molecule has 2 heterocycles. The molecule has 3 unspecified atom stereocenters. The molecule has 7 heteroatoms. The first-order valence-corrected chi connectivity index (χ1v) is 17.6. The van der Waals surface area contributed by atoms with E-state index < -0.39 is 25.0 Å². The van der Waals surface area contributed by atoms with Crippen molar-refractivity contribution in [3.63, 3.8) is 0 Å². The molecule has 5 rings (SSSR count). The third-order valence-electron chi connectivity index (χ3n) is 8.64. The minimum absolute atomic E-state index is 0.0136. The van der Waals surface area contributed by atoms with Gasteiger partial charge in [0.15, 0.2) is 14.1 Å². The molecule has 4 aromatic rings. The van der Waals surface area contributed by atoms with Gasteiger partial charge < -0.3 is 14.1 Å². The summed E-state index contributed by atoms with van der Waals surface area (Å²) in [5, 5.41) is 11.3. The second-order valence-corrected chi connectivity index (χ2v) is 18.5. The number of nitrogens with zero attached hydrogens (tertiary/aromatic N) is 2. The Bertz CT molecular complexity index is 1350. The average molecular weight is 571 g/mol. The summed E-state index contributed by atoms with van der Waals surface area (Å²) < 4.78 is 6.93. The molecule has 3 atom stereocenters. The Kier molecular flexibility index (Phi) is 7.59. The van der Waals surface area contributed by atoms with Crippen LogP contribution in [0.5, 0.6) is 0 Å². The van der Waals surface area contributed by atoms with Gasteiger partial charge >= 0.3 is 0 Å². The summed E-state index contributed by atoms with van der Waals surface area (Å²) in [7, 11) is -2.33. The van der Waals surface area contributed by atoms with E-state index in [1.807, 2.05) is 18.2 Å². The van der Waals surface area contributed by atoms with Crippen LogP contribution in [0.3, 0.4) is 0 Å². The predicted octanol–water partition coefficient (Wildman–Crippen LogP) is 7.53. The van der Waals surface area contributed by atoms with Crippen LogP contribution in [0.15, 0.2) is 102 Å². The number of aryl methyl sites for hydroxylation is 1. The van der Waals surface area contributed by atoms with Crippen molar-refractivity contribution in [3.8, 4) is 0 Å². The molecule has 0 saturated carbocycles.